The molecule has 1 aliphatic rings. The van der Waals surface area contributed by atoms with E-state index >= 15 is 0 Å². The van der Waals surface area contributed by atoms with Gasteiger partial charge >= 0.3 is 0 Å². The van der Waals surface area contributed by atoms with E-state index in [4.69, 9.17) is 5.73 Å². The van der Waals surface area contributed by atoms with Crippen molar-refractivity contribution in [1.29, 1.82) is 0 Å². The maximum atomic E-state index is 5.67. The van der Waals surface area contributed by atoms with Gasteiger partial charge in [-0.05, 0) is 31.7 Å². The number of halogens is 1. The highest BCUT2D eigenvalue weighted by molar-refractivity contribution is 14.0. The second-order valence-corrected chi connectivity index (χ2v) is 4.89. The molecule has 0 saturated heterocycles. The van der Waals surface area contributed by atoms with E-state index in [1.165, 1.54) is 18.5 Å². The Morgan fingerprint density at radius 2 is 2.06 bits per heavy atom. The van der Waals surface area contributed by atoms with Crippen LogP contribution < -0.4 is 5.73 Å². The van der Waals surface area contributed by atoms with Crippen molar-refractivity contribution < 1.29 is 0 Å². The molecule has 1 aliphatic carbocycles. The summed E-state index contributed by atoms with van der Waals surface area (Å²) in [6, 6.07) is 2.14. The number of allylic oxidation sites excluding steroid dienone is 1. The van der Waals surface area contributed by atoms with Gasteiger partial charge < -0.3 is 5.73 Å². The Balaban J connectivity index is 0.00000144. The summed E-state index contributed by atoms with van der Waals surface area (Å²) in [6.45, 7) is 6.17. The summed E-state index contributed by atoms with van der Waals surface area (Å²) in [5, 5.41) is 0. The minimum Gasteiger partial charge on any atom is -0.402 e. The average molecular weight is 345 g/mol. The van der Waals surface area contributed by atoms with Gasteiger partial charge in [-0.25, -0.2) is 9.97 Å². The third-order valence-corrected chi connectivity index (χ3v) is 2.73. The molecule has 0 unspecified atom stereocenters. The first kappa shape index (κ1) is 14.4. The van der Waals surface area contributed by atoms with Crippen LogP contribution in [0.2, 0.25) is 0 Å². The SMILES string of the molecule is C/C(N)=C/c1nc(C(C)C)cc(C2CC2)n1.I. The molecule has 2 rings (SSSR count). The lowest BCUT2D eigenvalue weighted by atomic mass is 10.1. The zero-order valence-corrected chi connectivity index (χ0v) is 12.9. The lowest BCUT2D eigenvalue weighted by Crippen LogP contribution is -2.02. The molecule has 0 aliphatic heterocycles. The highest BCUT2D eigenvalue weighted by Gasteiger charge is 2.26. The normalized spacial score (nSPS) is 15.9. The Kier molecular flexibility index (Phi) is 4.91. The molecule has 0 aromatic carbocycles. The largest absolute Gasteiger partial charge is 0.402 e. The smallest absolute Gasteiger partial charge is 0.154 e. The molecular weight excluding hydrogens is 325 g/mol. The second-order valence-electron chi connectivity index (χ2n) is 4.89. The molecular formula is C13H20IN3. The lowest BCUT2D eigenvalue weighted by Gasteiger charge is -2.08. The van der Waals surface area contributed by atoms with Crippen LogP contribution in [0.15, 0.2) is 11.8 Å². The molecule has 0 bridgehead atoms. The van der Waals surface area contributed by atoms with Gasteiger partial charge in [0, 0.05) is 29.1 Å². The standard InChI is InChI=1S/C13H19N3.HI/c1-8(2)11-7-12(10-4-5-10)16-13(15-11)6-9(3)14;/h6-8,10H,4-5,14H2,1-3H3;1H/b9-6-;. The highest BCUT2D eigenvalue weighted by Crippen LogP contribution is 2.39. The summed E-state index contributed by atoms with van der Waals surface area (Å²) in [5.41, 5.74) is 8.73. The number of hydrogen-bond acceptors (Lipinski definition) is 3. The Labute approximate surface area is 120 Å². The molecule has 2 N–H and O–H groups in total. The molecule has 4 heteroatoms. The van der Waals surface area contributed by atoms with Crippen molar-refractivity contribution in [2.24, 2.45) is 5.73 Å². The molecule has 1 saturated carbocycles. The van der Waals surface area contributed by atoms with E-state index in [0.29, 0.717) is 11.8 Å². The van der Waals surface area contributed by atoms with Crippen LogP contribution in [0, 0.1) is 0 Å². The quantitative estimate of drug-likeness (QED) is 0.854. The highest BCUT2D eigenvalue weighted by atomic mass is 127. The van der Waals surface area contributed by atoms with Crippen LogP contribution in [0.3, 0.4) is 0 Å². The molecule has 0 radical (unpaired) electrons. The molecule has 0 amide bonds. The Bertz CT molecular complexity index is 398. The van der Waals surface area contributed by atoms with Crippen LogP contribution in [-0.2, 0) is 0 Å². The molecule has 94 valence electrons. The van der Waals surface area contributed by atoms with Crippen LogP contribution >= 0.6 is 24.0 Å². The molecule has 1 heterocycles. The molecule has 1 aromatic heterocycles. The Hall–Kier alpha value is -0.650. The van der Waals surface area contributed by atoms with E-state index in [-0.39, 0.29) is 24.0 Å². The van der Waals surface area contributed by atoms with E-state index in [1.807, 2.05) is 13.0 Å². The van der Waals surface area contributed by atoms with E-state index in [9.17, 15) is 0 Å². The van der Waals surface area contributed by atoms with Crippen LogP contribution in [0.5, 0.6) is 0 Å². The van der Waals surface area contributed by atoms with Gasteiger partial charge in [-0.15, -0.1) is 24.0 Å². The first-order chi connectivity index (χ1) is 7.56. The van der Waals surface area contributed by atoms with E-state index < -0.39 is 0 Å². The first-order valence-corrected chi connectivity index (χ1v) is 5.89. The second kappa shape index (κ2) is 5.80. The van der Waals surface area contributed by atoms with Crippen molar-refractivity contribution in [1.82, 2.24) is 9.97 Å². The predicted molar refractivity (Wildman–Crippen MR) is 81.3 cm³/mol. The maximum Gasteiger partial charge on any atom is 0.154 e. The van der Waals surface area contributed by atoms with Crippen molar-refractivity contribution >= 4 is 30.1 Å². The number of aromatic nitrogens is 2. The van der Waals surface area contributed by atoms with Gasteiger partial charge in [0.2, 0.25) is 0 Å². The summed E-state index contributed by atoms with van der Waals surface area (Å²) in [5.74, 6) is 1.85. The van der Waals surface area contributed by atoms with Crippen LogP contribution in [0.4, 0.5) is 0 Å². The summed E-state index contributed by atoms with van der Waals surface area (Å²) < 4.78 is 0. The van der Waals surface area contributed by atoms with Gasteiger partial charge in [0.05, 0.1) is 0 Å². The number of nitrogens with zero attached hydrogens (tertiary/aromatic N) is 2. The molecule has 17 heavy (non-hydrogen) atoms. The lowest BCUT2D eigenvalue weighted by molar-refractivity contribution is 0.796. The van der Waals surface area contributed by atoms with Gasteiger partial charge in [0.1, 0.15) is 0 Å². The fourth-order valence-electron chi connectivity index (χ4n) is 1.66. The van der Waals surface area contributed by atoms with Gasteiger partial charge in [0.15, 0.2) is 5.82 Å². The average Bonchev–Trinajstić information content (AvgIpc) is 2.98. The third kappa shape index (κ3) is 3.94. The van der Waals surface area contributed by atoms with Crippen molar-refractivity contribution in [2.45, 2.75) is 45.4 Å². The zero-order valence-electron chi connectivity index (χ0n) is 10.6. The van der Waals surface area contributed by atoms with Gasteiger partial charge in [-0.1, -0.05) is 13.8 Å². The van der Waals surface area contributed by atoms with Crippen LogP contribution in [0.25, 0.3) is 6.08 Å². The number of hydrogen-bond donors (Lipinski definition) is 1. The number of rotatable bonds is 3. The van der Waals surface area contributed by atoms with Crippen molar-refractivity contribution in [3.63, 3.8) is 0 Å². The van der Waals surface area contributed by atoms with Crippen molar-refractivity contribution in [2.75, 3.05) is 0 Å². The van der Waals surface area contributed by atoms with Crippen molar-refractivity contribution in [3.05, 3.63) is 29.0 Å². The topological polar surface area (TPSA) is 51.8 Å². The van der Waals surface area contributed by atoms with E-state index in [0.717, 1.165) is 17.2 Å². The summed E-state index contributed by atoms with van der Waals surface area (Å²) in [4.78, 5) is 9.07. The Morgan fingerprint density at radius 1 is 1.41 bits per heavy atom. The molecule has 1 aromatic rings. The minimum atomic E-state index is 0. The van der Waals surface area contributed by atoms with Gasteiger partial charge in [0.25, 0.3) is 0 Å². The number of nitrogens with two attached hydrogens (primary N) is 1. The summed E-state index contributed by atoms with van der Waals surface area (Å²) >= 11 is 0. The minimum absolute atomic E-state index is 0. The first-order valence-electron chi connectivity index (χ1n) is 5.89. The zero-order chi connectivity index (χ0) is 11.7. The van der Waals surface area contributed by atoms with Crippen LogP contribution in [-0.4, -0.2) is 9.97 Å². The van der Waals surface area contributed by atoms with Gasteiger partial charge in [-0.2, -0.15) is 0 Å². The molecule has 1 fully saturated rings. The van der Waals surface area contributed by atoms with Gasteiger partial charge in [-0.3, -0.25) is 0 Å². The maximum absolute atomic E-state index is 5.67. The van der Waals surface area contributed by atoms with E-state index in [1.54, 1.807) is 0 Å². The van der Waals surface area contributed by atoms with Crippen molar-refractivity contribution in [3.8, 4) is 0 Å². The fraction of sp³-hybridized carbons (Fsp3) is 0.538. The third-order valence-electron chi connectivity index (χ3n) is 2.73. The summed E-state index contributed by atoms with van der Waals surface area (Å²) in [7, 11) is 0. The van der Waals surface area contributed by atoms with E-state index in [2.05, 4.69) is 29.9 Å². The molecule has 0 spiro atoms. The fourth-order valence-corrected chi connectivity index (χ4v) is 1.66. The summed E-state index contributed by atoms with van der Waals surface area (Å²) in [6.07, 6.45) is 4.37. The Morgan fingerprint density at radius 3 is 2.53 bits per heavy atom. The molecule has 3 nitrogen and oxygen atoms in total. The van der Waals surface area contributed by atoms with Crippen LogP contribution in [0.1, 0.15) is 62.7 Å². The molecule has 0 atom stereocenters. The predicted octanol–water partition coefficient (Wildman–Crippen LogP) is 3.41. The monoisotopic (exact) mass is 345 g/mol.